The van der Waals surface area contributed by atoms with E-state index in [1.807, 2.05) is 0 Å². The van der Waals surface area contributed by atoms with Crippen LogP contribution in [0.15, 0.2) is 18.5 Å². The summed E-state index contributed by atoms with van der Waals surface area (Å²) in [4.78, 5) is 29.0. The second-order valence-corrected chi connectivity index (χ2v) is 12.8. The van der Waals surface area contributed by atoms with Gasteiger partial charge in [-0.3, -0.25) is 14.2 Å². The molecule has 43 heavy (non-hydrogen) atoms. The van der Waals surface area contributed by atoms with Gasteiger partial charge in [0.25, 0.3) is 0 Å². The fourth-order valence-corrected chi connectivity index (χ4v) is 5.98. The van der Waals surface area contributed by atoms with Crippen molar-refractivity contribution < 1.29 is 43.1 Å². The smallest absolute Gasteiger partial charge is 0.342 e. The lowest BCUT2D eigenvalue weighted by Crippen LogP contribution is -2.51. The minimum atomic E-state index is -4.37. The summed E-state index contributed by atoms with van der Waals surface area (Å²) < 4.78 is 36.8. The Hall–Kier alpha value is -3.16. The van der Waals surface area contributed by atoms with E-state index in [1.54, 1.807) is 6.07 Å². The van der Waals surface area contributed by atoms with E-state index >= 15 is 0 Å². The predicted octanol–water partition coefficient (Wildman–Crippen LogP) is 0.602. The quantitative estimate of drug-likeness (QED) is 0.120. The number of aromatic nitrogens is 3. The third-order valence-electron chi connectivity index (χ3n) is 7.36. The number of esters is 2. The number of methoxy groups -OCH3 is 1. The Bertz CT molecular complexity index is 1350. The van der Waals surface area contributed by atoms with Gasteiger partial charge < -0.3 is 34.7 Å². The first-order chi connectivity index (χ1) is 20.4. The van der Waals surface area contributed by atoms with E-state index in [1.165, 1.54) is 30.5 Å². The van der Waals surface area contributed by atoms with Crippen LogP contribution in [0.1, 0.15) is 51.3 Å². The summed E-state index contributed by atoms with van der Waals surface area (Å²) in [6, 6.07) is 2.44. The van der Waals surface area contributed by atoms with E-state index in [-0.39, 0.29) is 24.7 Å². The first-order valence-corrected chi connectivity index (χ1v) is 15.6. The highest BCUT2D eigenvalue weighted by molar-refractivity contribution is 7.54. The van der Waals surface area contributed by atoms with Crippen molar-refractivity contribution in [3.63, 3.8) is 0 Å². The van der Waals surface area contributed by atoms with E-state index in [9.17, 15) is 29.6 Å². The summed E-state index contributed by atoms with van der Waals surface area (Å²) in [5, 5.41) is 41.4. The molecule has 0 aromatic carbocycles. The highest BCUT2D eigenvalue weighted by Crippen LogP contribution is 2.42. The Kier molecular flexibility index (Phi) is 10.4. The number of hydrogen-bond donors (Lipinski definition) is 5. The van der Waals surface area contributed by atoms with Crippen LogP contribution < -0.4 is 15.9 Å². The van der Waals surface area contributed by atoms with Crippen molar-refractivity contribution >= 4 is 30.9 Å². The zero-order chi connectivity index (χ0) is 31.4. The van der Waals surface area contributed by atoms with Gasteiger partial charge in [0.15, 0.2) is 5.82 Å². The minimum Gasteiger partial charge on any atom is -0.464 e. The number of nitrogens with two attached hydrogens (primary N) is 1. The van der Waals surface area contributed by atoms with Gasteiger partial charge in [0.05, 0.1) is 18.9 Å². The molecule has 4 rings (SSSR count). The lowest BCUT2D eigenvalue weighted by Gasteiger charge is -2.34. The molecular formula is C26H38N7O9P. The molecule has 2 aromatic heterocycles. The summed E-state index contributed by atoms with van der Waals surface area (Å²) in [6.45, 7) is 2.39. The zero-order valence-corrected chi connectivity index (χ0v) is 25.1. The van der Waals surface area contributed by atoms with Gasteiger partial charge in [0.1, 0.15) is 48.8 Å². The Morgan fingerprint density at radius 2 is 1.70 bits per heavy atom. The molecule has 2 saturated carbocycles. The van der Waals surface area contributed by atoms with Gasteiger partial charge in [-0.25, -0.2) is 19.7 Å². The zero-order valence-electron chi connectivity index (χ0n) is 24.2. The summed E-state index contributed by atoms with van der Waals surface area (Å²) in [5.74, 6) is -0.680. The van der Waals surface area contributed by atoms with Crippen molar-refractivity contribution in [1.82, 2.24) is 24.8 Å². The maximum absolute atomic E-state index is 14.1. The molecule has 0 aliphatic heterocycles. The molecule has 2 aliphatic carbocycles. The lowest BCUT2D eigenvalue weighted by molar-refractivity contribution is -0.146. The van der Waals surface area contributed by atoms with Crippen LogP contribution in [0, 0.1) is 23.2 Å². The van der Waals surface area contributed by atoms with Crippen LogP contribution in [0.3, 0.4) is 0 Å². The maximum Gasteiger partial charge on any atom is 0.342 e. The molecule has 2 aliphatic rings. The van der Waals surface area contributed by atoms with Gasteiger partial charge in [-0.1, -0.05) is 0 Å². The van der Waals surface area contributed by atoms with Gasteiger partial charge in [-0.15, -0.1) is 0 Å². The number of ether oxygens (including phenoxy) is 3. The molecule has 2 fully saturated rings. The monoisotopic (exact) mass is 623 g/mol. The van der Waals surface area contributed by atoms with Crippen molar-refractivity contribution in [2.24, 2.45) is 11.8 Å². The number of carbonyl (C=O) groups excluding carboxylic acids is 2. The van der Waals surface area contributed by atoms with E-state index in [4.69, 9.17) is 24.5 Å². The molecule has 5 atom stereocenters. The topological polar surface area (TPSA) is 233 Å². The summed E-state index contributed by atoms with van der Waals surface area (Å²) >= 11 is 0. The number of nitriles is 1. The van der Waals surface area contributed by atoms with E-state index < -0.39 is 56.1 Å². The third kappa shape index (κ3) is 8.07. The van der Waals surface area contributed by atoms with E-state index in [0.29, 0.717) is 17.4 Å². The van der Waals surface area contributed by atoms with Crippen molar-refractivity contribution in [2.75, 3.05) is 32.7 Å². The van der Waals surface area contributed by atoms with Gasteiger partial charge in [0, 0.05) is 7.11 Å². The summed E-state index contributed by atoms with van der Waals surface area (Å²) in [5.41, 5.74) is 3.98. The number of nitrogens with zero attached hydrogens (tertiary/aromatic N) is 4. The summed E-state index contributed by atoms with van der Waals surface area (Å²) in [7, 11) is -3.27. The fourth-order valence-electron chi connectivity index (χ4n) is 4.16. The molecule has 6 N–H and O–H groups in total. The highest BCUT2D eigenvalue weighted by Gasteiger charge is 2.47. The van der Waals surface area contributed by atoms with Crippen LogP contribution in [-0.4, -0.2) is 87.5 Å². The average Bonchev–Trinajstić information content (AvgIpc) is 3.93. The first-order valence-electron chi connectivity index (χ1n) is 14.0. The second-order valence-electron chi connectivity index (χ2n) is 11.0. The van der Waals surface area contributed by atoms with Gasteiger partial charge in [0.2, 0.25) is 5.60 Å². The summed E-state index contributed by atoms with van der Waals surface area (Å²) in [6.07, 6.45) is 1.27. The second kappa shape index (κ2) is 13.6. The van der Waals surface area contributed by atoms with Gasteiger partial charge in [-0.05, 0) is 63.5 Å². The van der Waals surface area contributed by atoms with Crippen LogP contribution in [0.25, 0.3) is 5.52 Å². The fraction of sp³-hybridized carbons (Fsp3) is 0.654. The molecule has 2 heterocycles. The van der Waals surface area contributed by atoms with Crippen LogP contribution in [-0.2, 0) is 32.9 Å². The number of anilines is 1. The molecule has 236 valence electrons. The van der Waals surface area contributed by atoms with Crippen molar-refractivity contribution in [3.8, 4) is 6.07 Å². The van der Waals surface area contributed by atoms with Crippen LogP contribution in [0.5, 0.6) is 0 Å². The Morgan fingerprint density at radius 1 is 1.14 bits per heavy atom. The van der Waals surface area contributed by atoms with Crippen molar-refractivity contribution in [2.45, 2.75) is 69.4 Å². The largest absolute Gasteiger partial charge is 0.464 e. The van der Waals surface area contributed by atoms with Crippen LogP contribution >= 0.6 is 7.67 Å². The number of aliphatic hydroxyl groups excluding tert-OH is 2. The van der Waals surface area contributed by atoms with Gasteiger partial charge >= 0.3 is 19.6 Å². The van der Waals surface area contributed by atoms with E-state index in [0.717, 1.165) is 39.1 Å². The Labute approximate surface area is 248 Å². The van der Waals surface area contributed by atoms with Crippen molar-refractivity contribution in [1.29, 1.82) is 5.26 Å². The number of nitrogens with one attached hydrogen (secondary N) is 2. The van der Waals surface area contributed by atoms with Gasteiger partial charge in [-0.2, -0.15) is 10.4 Å². The molecule has 0 amide bonds. The molecule has 17 heteroatoms. The number of hydrogen-bond acceptors (Lipinski definition) is 13. The molecular weight excluding hydrogens is 585 g/mol. The third-order valence-corrected chi connectivity index (χ3v) is 9.30. The minimum absolute atomic E-state index is 0.0618. The normalized spacial score (nSPS) is 19.5. The SMILES string of the molecule is CO[C@](C#N)(COP(=O)(N[C@@H](C)C(=O)OCC1CC1)N[C@@H](C)C(=O)OCC1CC1)[C@@H](O)[C@@H](O)c1ccc2c(N)ncnn12. The molecule has 0 spiro atoms. The maximum atomic E-state index is 14.1. The highest BCUT2D eigenvalue weighted by atomic mass is 31.2. The number of fused-ring (bicyclic) bond motifs is 1. The molecule has 16 nitrogen and oxygen atoms in total. The number of carbonyl (C=O) groups is 2. The Balaban J connectivity index is 1.51. The standard InChI is InChI=1S/C26H38N7O9P/c1-15(24(36)40-10-17-4-5-17)31-43(38,32-16(2)25(37)41-11-18-6-7-18)42-13-26(12-27,39-3)22(35)21(34)19-8-9-20-23(28)29-14-30-33(19)20/h8-9,14-18,21-22,34-35H,4-7,10-11,13H2,1-3H3,(H2,28,29,30)(H2,31,32,38)/t15-,16-,21-,22-,26+/m0/s1. The molecule has 0 radical (unpaired) electrons. The average molecular weight is 624 g/mol. The van der Waals surface area contributed by atoms with E-state index in [2.05, 4.69) is 20.3 Å². The number of nitrogen functional groups attached to an aromatic ring is 1. The molecule has 0 saturated heterocycles. The molecule has 2 aromatic rings. The van der Waals surface area contributed by atoms with Crippen LogP contribution in [0.2, 0.25) is 0 Å². The van der Waals surface area contributed by atoms with Crippen molar-refractivity contribution in [3.05, 3.63) is 24.2 Å². The lowest BCUT2D eigenvalue weighted by atomic mass is 9.93. The molecule has 0 unspecified atom stereocenters. The predicted molar refractivity (Wildman–Crippen MR) is 150 cm³/mol. The Morgan fingerprint density at radius 3 is 2.19 bits per heavy atom. The first kappa shape index (κ1) is 32.7. The number of rotatable bonds is 17. The number of aliphatic hydroxyl groups is 2. The van der Waals surface area contributed by atoms with Crippen LogP contribution in [0.4, 0.5) is 5.82 Å². The molecule has 0 bridgehead atoms.